The van der Waals surface area contributed by atoms with E-state index in [1.165, 1.54) is 13.0 Å². The topological polar surface area (TPSA) is 58.6 Å². The third-order valence-corrected chi connectivity index (χ3v) is 3.80. The number of rotatable bonds is 8. The minimum atomic E-state index is -0.404. The molecule has 0 atom stereocenters. The van der Waals surface area contributed by atoms with Gasteiger partial charge in [-0.3, -0.25) is 9.59 Å². The minimum Gasteiger partial charge on any atom is -0.492 e. The fourth-order valence-corrected chi connectivity index (χ4v) is 2.59. The number of carbonyl (C=O) groups excluding carboxylic acids is 2. The molecule has 0 fully saturated rings. The average molecular weight is 358 g/mol. The van der Waals surface area contributed by atoms with Crippen LogP contribution in [0, 0.1) is 5.82 Å². The third kappa shape index (κ3) is 5.31. The maximum atomic E-state index is 13.6. The van der Waals surface area contributed by atoms with E-state index in [4.69, 9.17) is 4.74 Å². The van der Waals surface area contributed by atoms with Crippen LogP contribution < -0.4 is 15.0 Å². The number of nitrogens with zero attached hydrogens (tertiary/aromatic N) is 1. The van der Waals surface area contributed by atoms with Crippen molar-refractivity contribution in [3.8, 4) is 5.75 Å². The van der Waals surface area contributed by atoms with Crippen molar-refractivity contribution in [3.05, 3.63) is 59.9 Å². The Kier molecular flexibility index (Phi) is 7.14. The molecule has 0 aliphatic rings. The molecule has 138 valence electrons. The summed E-state index contributed by atoms with van der Waals surface area (Å²) in [7, 11) is 0. The number of anilines is 1. The van der Waals surface area contributed by atoms with E-state index in [0.717, 1.165) is 0 Å². The molecule has 0 radical (unpaired) electrons. The summed E-state index contributed by atoms with van der Waals surface area (Å²) >= 11 is 0. The molecule has 26 heavy (non-hydrogen) atoms. The second-order valence-electron chi connectivity index (χ2n) is 5.69. The molecule has 6 heteroatoms. The van der Waals surface area contributed by atoms with E-state index >= 15 is 0 Å². The van der Waals surface area contributed by atoms with Gasteiger partial charge in [0.2, 0.25) is 11.8 Å². The number of halogens is 1. The van der Waals surface area contributed by atoms with E-state index in [1.807, 2.05) is 19.1 Å². The van der Waals surface area contributed by atoms with E-state index in [-0.39, 0.29) is 24.8 Å². The van der Waals surface area contributed by atoms with Gasteiger partial charge in [0.1, 0.15) is 11.6 Å². The number of para-hydroxylation sites is 2. The quantitative estimate of drug-likeness (QED) is 0.789. The SMILES string of the molecule is CCOc1ccccc1N(CCNC(=O)Cc1ccccc1F)C(C)=O. The van der Waals surface area contributed by atoms with Gasteiger partial charge in [-0.05, 0) is 30.7 Å². The average Bonchev–Trinajstić information content (AvgIpc) is 2.61. The Morgan fingerprint density at radius 3 is 2.50 bits per heavy atom. The van der Waals surface area contributed by atoms with Crippen LogP contribution in [0.5, 0.6) is 5.75 Å². The van der Waals surface area contributed by atoms with Gasteiger partial charge in [0.15, 0.2) is 0 Å². The zero-order valence-corrected chi connectivity index (χ0v) is 15.0. The van der Waals surface area contributed by atoms with Gasteiger partial charge in [0.05, 0.1) is 18.7 Å². The largest absolute Gasteiger partial charge is 0.492 e. The highest BCUT2D eigenvalue weighted by molar-refractivity contribution is 5.93. The summed E-state index contributed by atoms with van der Waals surface area (Å²) in [4.78, 5) is 25.6. The number of hydrogen-bond acceptors (Lipinski definition) is 3. The highest BCUT2D eigenvalue weighted by Crippen LogP contribution is 2.27. The van der Waals surface area contributed by atoms with Gasteiger partial charge in [-0.15, -0.1) is 0 Å². The summed E-state index contributed by atoms with van der Waals surface area (Å²) in [6.45, 7) is 4.37. The van der Waals surface area contributed by atoms with E-state index in [1.54, 1.807) is 35.2 Å². The first kappa shape index (κ1) is 19.4. The fourth-order valence-electron chi connectivity index (χ4n) is 2.59. The summed E-state index contributed by atoms with van der Waals surface area (Å²) in [6, 6.07) is 13.4. The van der Waals surface area contributed by atoms with Crippen molar-refractivity contribution in [2.24, 2.45) is 0 Å². The molecule has 0 saturated heterocycles. The van der Waals surface area contributed by atoms with Crippen LogP contribution in [0.1, 0.15) is 19.4 Å². The Balaban J connectivity index is 1.96. The zero-order valence-electron chi connectivity index (χ0n) is 15.0. The second-order valence-corrected chi connectivity index (χ2v) is 5.69. The number of ether oxygens (including phenoxy) is 1. The molecule has 0 spiro atoms. The summed E-state index contributed by atoms with van der Waals surface area (Å²) in [5.74, 6) is -0.237. The molecule has 2 aromatic carbocycles. The molecule has 0 aliphatic heterocycles. The number of amides is 2. The van der Waals surface area contributed by atoms with E-state index < -0.39 is 5.82 Å². The molecule has 0 unspecified atom stereocenters. The van der Waals surface area contributed by atoms with Crippen LogP contribution in [0.3, 0.4) is 0 Å². The van der Waals surface area contributed by atoms with Gasteiger partial charge in [-0.25, -0.2) is 4.39 Å². The molecule has 0 heterocycles. The van der Waals surface area contributed by atoms with Crippen molar-refractivity contribution in [1.82, 2.24) is 5.32 Å². The zero-order chi connectivity index (χ0) is 18.9. The Labute approximate surface area is 152 Å². The van der Waals surface area contributed by atoms with Crippen molar-refractivity contribution in [2.75, 3.05) is 24.6 Å². The lowest BCUT2D eigenvalue weighted by atomic mass is 10.1. The normalized spacial score (nSPS) is 10.3. The molecular formula is C20H23FN2O3. The first-order valence-electron chi connectivity index (χ1n) is 8.53. The van der Waals surface area contributed by atoms with Crippen molar-refractivity contribution in [3.63, 3.8) is 0 Å². The van der Waals surface area contributed by atoms with Crippen molar-refractivity contribution in [2.45, 2.75) is 20.3 Å². The minimum absolute atomic E-state index is 0.0394. The maximum absolute atomic E-state index is 13.6. The van der Waals surface area contributed by atoms with E-state index in [2.05, 4.69) is 5.32 Å². The molecule has 2 rings (SSSR count). The first-order chi connectivity index (χ1) is 12.5. The highest BCUT2D eigenvalue weighted by Gasteiger charge is 2.16. The Morgan fingerprint density at radius 2 is 1.81 bits per heavy atom. The molecule has 0 bridgehead atoms. The second kappa shape index (κ2) is 9.56. The molecule has 2 aromatic rings. The van der Waals surface area contributed by atoms with Crippen LogP contribution in [0.25, 0.3) is 0 Å². The number of carbonyl (C=O) groups is 2. The van der Waals surface area contributed by atoms with Crippen molar-refractivity contribution < 1.29 is 18.7 Å². The van der Waals surface area contributed by atoms with Crippen LogP contribution in [-0.2, 0) is 16.0 Å². The molecule has 0 saturated carbocycles. The van der Waals surface area contributed by atoms with Crippen LogP contribution in [-0.4, -0.2) is 31.5 Å². The van der Waals surface area contributed by atoms with Gasteiger partial charge in [0, 0.05) is 20.0 Å². The van der Waals surface area contributed by atoms with Crippen molar-refractivity contribution >= 4 is 17.5 Å². The van der Waals surface area contributed by atoms with Crippen LogP contribution >= 0.6 is 0 Å². The van der Waals surface area contributed by atoms with Gasteiger partial charge in [0.25, 0.3) is 0 Å². The monoisotopic (exact) mass is 358 g/mol. The summed E-state index contributed by atoms with van der Waals surface area (Å²) in [5, 5.41) is 2.72. The number of benzene rings is 2. The third-order valence-electron chi connectivity index (χ3n) is 3.80. The van der Waals surface area contributed by atoms with Gasteiger partial charge in [-0.2, -0.15) is 0 Å². The Morgan fingerprint density at radius 1 is 1.12 bits per heavy atom. The van der Waals surface area contributed by atoms with Crippen LogP contribution in [0.15, 0.2) is 48.5 Å². The van der Waals surface area contributed by atoms with E-state index in [9.17, 15) is 14.0 Å². The number of hydrogen-bond donors (Lipinski definition) is 1. The summed E-state index contributed by atoms with van der Waals surface area (Å²) in [6.07, 6.45) is -0.0394. The van der Waals surface area contributed by atoms with Crippen LogP contribution in [0.2, 0.25) is 0 Å². The Bertz CT molecular complexity index is 764. The van der Waals surface area contributed by atoms with Gasteiger partial charge in [-0.1, -0.05) is 30.3 Å². The summed E-state index contributed by atoms with van der Waals surface area (Å²) < 4.78 is 19.2. The molecule has 5 nitrogen and oxygen atoms in total. The fraction of sp³-hybridized carbons (Fsp3) is 0.300. The standard InChI is InChI=1S/C20H23FN2O3/c1-3-26-19-11-7-6-10-18(19)23(15(2)24)13-12-22-20(25)14-16-8-4-5-9-17(16)21/h4-11H,3,12-14H2,1-2H3,(H,22,25). The molecule has 0 aliphatic carbocycles. The lowest BCUT2D eigenvalue weighted by Crippen LogP contribution is -2.38. The highest BCUT2D eigenvalue weighted by atomic mass is 19.1. The molecule has 1 N–H and O–H groups in total. The first-order valence-corrected chi connectivity index (χ1v) is 8.53. The molecular weight excluding hydrogens is 335 g/mol. The lowest BCUT2D eigenvalue weighted by molar-refractivity contribution is -0.121. The van der Waals surface area contributed by atoms with E-state index in [0.29, 0.717) is 30.2 Å². The van der Waals surface area contributed by atoms with Crippen molar-refractivity contribution in [1.29, 1.82) is 0 Å². The smallest absolute Gasteiger partial charge is 0.224 e. The number of nitrogens with one attached hydrogen (secondary N) is 1. The molecule has 2 amide bonds. The van der Waals surface area contributed by atoms with Crippen LogP contribution in [0.4, 0.5) is 10.1 Å². The predicted octanol–water partition coefficient (Wildman–Crippen LogP) is 2.94. The molecule has 0 aromatic heterocycles. The van der Waals surface area contributed by atoms with Gasteiger partial charge >= 0.3 is 0 Å². The summed E-state index contributed by atoms with van der Waals surface area (Å²) in [5.41, 5.74) is 1.00. The Hall–Kier alpha value is -2.89. The predicted molar refractivity (Wildman–Crippen MR) is 98.8 cm³/mol. The van der Waals surface area contributed by atoms with Gasteiger partial charge < -0.3 is 15.0 Å². The lowest BCUT2D eigenvalue weighted by Gasteiger charge is -2.23. The maximum Gasteiger partial charge on any atom is 0.224 e.